The Balaban J connectivity index is 1.73. The van der Waals surface area contributed by atoms with Gasteiger partial charge in [0.2, 0.25) is 5.91 Å². The van der Waals surface area contributed by atoms with E-state index in [1.165, 1.54) is 12.8 Å². The van der Waals surface area contributed by atoms with Gasteiger partial charge in [-0.15, -0.1) is 0 Å². The standard InChI is InChI=1S/C12H15BrN2O/c13-10-2-1-3-11(6-10)15-12(16)8-14-7-9-4-5-9/h1-3,6,9,14H,4-5,7-8H2,(H,15,16). The summed E-state index contributed by atoms with van der Waals surface area (Å²) in [6.07, 6.45) is 2.61. The number of nitrogens with one attached hydrogen (secondary N) is 2. The van der Waals surface area contributed by atoms with Crippen LogP contribution in [0.25, 0.3) is 0 Å². The molecule has 2 rings (SSSR count). The van der Waals surface area contributed by atoms with Crippen LogP contribution < -0.4 is 10.6 Å². The van der Waals surface area contributed by atoms with Crippen LogP contribution in [0.4, 0.5) is 5.69 Å². The number of anilines is 1. The summed E-state index contributed by atoms with van der Waals surface area (Å²) in [5.41, 5.74) is 0.826. The number of hydrogen-bond donors (Lipinski definition) is 2. The van der Waals surface area contributed by atoms with Gasteiger partial charge in [-0.2, -0.15) is 0 Å². The van der Waals surface area contributed by atoms with E-state index >= 15 is 0 Å². The van der Waals surface area contributed by atoms with E-state index in [4.69, 9.17) is 0 Å². The van der Waals surface area contributed by atoms with Gasteiger partial charge in [0.25, 0.3) is 0 Å². The summed E-state index contributed by atoms with van der Waals surface area (Å²) in [6.45, 7) is 1.36. The third-order valence-electron chi connectivity index (χ3n) is 2.52. The largest absolute Gasteiger partial charge is 0.325 e. The molecule has 16 heavy (non-hydrogen) atoms. The molecule has 0 aliphatic heterocycles. The highest BCUT2D eigenvalue weighted by Gasteiger charge is 2.20. The molecule has 3 nitrogen and oxygen atoms in total. The van der Waals surface area contributed by atoms with Crippen molar-refractivity contribution in [1.29, 1.82) is 0 Å². The third-order valence-corrected chi connectivity index (χ3v) is 3.02. The summed E-state index contributed by atoms with van der Waals surface area (Å²) in [5, 5.41) is 6.00. The Labute approximate surface area is 104 Å². The average Bonchev–Trinajstić information content (AvgIpc) is 3.01. The van der Waals surface area contributed by atoms with Crippen LogP contribution in [0.5, 0.6) is 0 Å². The number of halogens is 1. The molecule has 1 aliphatic rings. The molecule has 1 aromatic carbocycles. The number of amides is 1. The van der Waals surface area contributed by atoms with E-state index < -0.39 is 0 Å². The highest BCUT2D eigenvalue weighted by molar-refractivity contribution is 9.10. The second kappa shape index (κ2) is 5.46. The van der Waals surface area contributed by atoms with Gasteiger partial charge in [0.1, 0.15) is 0 Å². The lowest BCUT2D eigenvalue weighted by Gasteiger charge is -2.06. The lowest BCUT2D eigenvalue weighted by Crippen LogP contribution is -2.29. The topological polar surface area (TPSA) is 41.1 Å². The van der Waals surface area contributed by atoms with Crippen LogP contribution in [-0.2, 0) is 4.79 Å². The van der Waals surface area contributed by atoms with Gasteiger partial charge >= 0.3 is 0 Å². The molecule has 0 atom stereocenters. The van der Waals surface area contributed by atoms with Crippen LogP contribution in [-0.4, -0.2) is 19.0 Å². The summed E-state index contributed by atoms with van der Waals surface area (Å²) in [6, 6.07) is 7.60. The molecular formula is C12H15BrN2O. The van der Waals surface area contributed by atoms with Crippen molar-refractivity contribution in [2.75, 3.05) is 18.4 Å². The zero-order chi connectivity index (χ0) is 11.4. The first-order chi connectivity index (χ1) is 7.74. The van der Waals surface area contributed by atoms with E-state index in [1.807, 2.05) is 24.3 Å². The maximum atomic E-state index is 11.5. The van der Waals surface area contributed by atoms with Crippen molar-refractivity contribution in [3.05, 3.63) is 28.7 Å². The van der Waals surface area contributed by atoms with Crippen molar-refractivity contribution in [2.24, 2.45) is 5.92 Å². The number of benzene rings is 1. The molecule has 1 saturated carbocycles. The van der Waals surface area contributed by atoms with Gasteiger partial charge in [-0.25, -0.2) is 0 Å². The first kappa shape index (κ1) is 11.6. The first-order valence-corrected chi connectivity index (χ1v) is 6.29. The Kier molecular flexibility index (Phi) is 3.96. The molecule has 0 bridgehead atoms. The molecule has 0 unspecified atom stereocenters. The van der Waals surface area contributed by atoms with Crippen LogP contribution in [0.3, 0.4) is 0 Å². The van der Waals surface area contributed by atoms with Gasteiger partial charge in [-0.1, -0.05) is 22.0 Å². The molecule has 2 N–H and O–H groups in total. The van der Waals surface area contributed by atoms with Gasteiger partial charge < -0.3 is 10.6 Å². The second-order valence-electron chi connectivity index (χ2n) is 4.13. The summed E-state index contributed by atoms with van der Waals surface area (Å²) in [5.74, 6) is 0.817. The van der Waals surface area contributed by atoms with Crippen LogP contribution in [0.2, 0.25) is 0 Å². The number of rotatable bonds is 5. The summed E-state index contributed by atoms with van der Waals surface area (Å²) in [7, 11) is 0. The lowest BCUT2D eigenvalue weighted by atomic mass is 10.3. The van der Waals surface area contributed by atoms with Crippen molar-refractivity contribution in [3.8, 4) is 0 Å². The Hall–Kier alpha value is -0.870. The lowest BCUT2D eigenvalue weighted by molar-refractivity contribution is -0.115. The van der Waals surface area contributed by atoms with Gasteiger partial charge in [0.15, 0.2) is 0 Å². The maximum Gasteiger partial charge on any atom is 0.238 e. The summed E-state index contributed by atoms with van der Waals surface area (Å²) < 4.78 is 0.969. The highest BCUT2D eigenvalue weighted by atomic mass is 79.9. The van der Waals surface area contributed by atoms with Crippen LogP contribution in [0.1, 0.15) is 12.8 Å². The summed E-state index contributed by atoms with van der Waals surface area (Å²) in [4.78, 5) is 11.5. The van der Waals surface area contributed by atoms with E-state index in [9.17, 15) is 4.79 Å². The minimum absolute atomic E-state index is 0.0127. The van der Waals surface area contributed by atoms with Crippen molar-refractivity contribution in [1.82, 2.24) is 5.32 Å². The fourth-order valence-electron chi connectivity index (χ4n) is 1.48. The van der Waals surface area contributed by atoms with Crippen LogP contribution in [0, 0.1) is 5.92 Å². The van der Waals surface area contributed by atoms with Crippen molar-refractivity contribution >= 4 is 27.5 Å². The molecule has 0 spiro atoms. The molecule has 0 radical (unpaired) electrons. The molecular weight excluding hydrogens is 268 g/mol. The third kappa shape index (κ3) is 3.94. The zero-order valence-electron chi connectivity index (χ0n) is 9.00. The molecule has 0 aromatic heterocycles. The fourth-order valence-corrected chi connectivity index (χ4v) is 1.88. The van der Waals surface area contributed by atoms with E-state index in [0.717, 1.165) is 22.6 Å². The molecule has 4 heteroatoms. The second-order valence-corrected chi connectivity index (χ2v) is 5.05. The Morgan fingerprint density at radius 2 is 2.25 bits per heavy atom. The highest BCUT2D eigenvalue weighted by Crippen LogP contribution is 2.27. The fraction of sp³-hybridized carbons (Fsp3) is 0.417. The number of hydrogen-bond acceptors (Lipinski definition) is 2. The normalized spacial score (nSPS) is 14.8. The molecule has 1 aromatic rings. The number of carbonyl (C=O) groups is 1. The molecule has 0 heterocycles. The van der Waals surface area contributed by atoms with Crippen molar-refractivity contribution in [3.63, 3.8) is 0 Å². The van der Waals surface area contributed by atoms with Crippen LogP contribution in [0.15, 0.2) is 28.7 Å². The SMILES string of the molecule is O=C(CNCC1CC1)Nc1cccc(Br)c1. The van der Waals surface area contributed by atoms with E-state index in [1.54, 1.807) is 0 Å². The average molecular weight is 283 g/mol. The maximum absolute atomic E-state index is 11.5. The number of carbonyl (C=O) groups excluding carboxylic acids is 1. The summed E-state index contributed by atoms with van der Waals surface area (Å²) >= 11 is 3.37. The van der Waals surface area contributed by atoms with Crippen molar-refractivity contribution in [2.45, 2.75) is 12.8 Å². The van der Waals surface area contributed by atoms with E-state index in [2.05, 4.69) is 26.6 Å². The minimum atomic E-state index is 0.0127. The first-order valence-electron chi connectivity index (χ1n) is 5.50. The van der Waals surface area contributed by atoms with Crippen LogP contribution >= 0.6 is 15.9 Å². The van der Waals surface area contributed by atoms with Crippen molar-refractivity contribution < 1.29 is 4.79 Å². The predicted molar refractivity (Wildman–Crippen MR) is 68.4 cm³/mol. The predicted octanol–water partition coefficient (Wildman–Crippen LogP) is 2.39. The molecule has 86 valence electrons. The smallest absolute Gasteiger partial charge is 0.238 e. The van der Waals surface area contributed by atoms with E-state index in [0.29, 0.717) is 6.54 Å². The van der Waals surface area contributed by atoms with Gasteiger partial charge in [-0.3, -0.25) is 4.79 Å². The Morgan fingerprint density at radius 3 is 2.94 bits per heavy atom. The Bertz CT molecular complexity index is 377. The zero-order valence-corrected chi connectivity index (χ0v) is 10.6. The molecule has 1 aliphatic carbocycles. The minimum Gasteiger partial charge on any atom is -0.325 e. The van der Waals surface area contributed by atoms with Gasteiger partial charge in [0.05, 0.1) is 6.54 Å². The molecule has 1 amide bonds. The molecule has 1 fully saturated rings. The quantitative estimate of drug-likeness (QED) is 0.871. The van der Waals surface area contributed by atoms with Gasteiger partial charge in [0, 0.05) is 10.2 Å². The van der Waals surface area contributed by atoms with E-state index in [-0.39, 0.29) is 5.91 Å². The van der Waals surface area contributed by atoms with Gasteiger partial charge in [-0.05, 0) is 43.5 Å². The molecule has 0 saturated heterocycles. The monoisotopic (exact) mass is 282 g/mol. The Morgan fingerprint density at radius 1 is 1.44 bits per heavy atom.